The second-order valence-electron chi connectivity index (χ2n) is 4.30. The van der Waals surface area contributed by atoms with Crippen molar-refractivity contribution in [1.82, 2.24) is 0 Å². The Morgan fingerprint density at radius 3 is 1.36 bits per heavy atom. The second-order valence-corrected chi connectivity index (χ2v) is 4.30. The van der Waals surface area contributed by atoms with Crippen molar-refractivity contribution >= 4 is 0 Å². The van der Waals surface area contributed by atoms with Crippen molar-refractivity contribution in [3.8, 4) is 11.8 Å². The molecule has 2 N–H and O–H groups in total. The molecule has 0 spiro atoms. The van der Waals surface area contributed by atoms with Crippen LogP contribution in [-0.4, -0.2) is 6.54 Å². The first-order valence-electron chi connectivity index (χ1n) is 7.85. The molecular formula is C23H25NY-2. The summed E-state index contributed by atoms with van der Waals surface area (Å²) in [5.41, 5.74) is 5.93. The van der Waals surface area contributed by atoms with Crippen LogP contribution in [0.15, 0.2) is 91.0 Å². The van der Waals surface area contributed by atoms with Gasteiger partial charge in [-0.2, -0.15) is 72.8 Å². The van der Waals surface area contributed by atoms with Crippen LogP contribution in [0.1, 0.15) is 19.4 Å². The third-order valence-electron chi connectivity index (χ3n) is 2.26. The largest absolute Gasteiger partial charge is 0.331 e. The van der Waals surface area contributed by atoms with E-state index in [4.69, 9.17) is 5.73 Å². The van der Waals surface area contributed by atoms with Gasteiger partial charge in [-0.25, -0.2) is 0 Å². The Morgan fingerprint density at radius 2 is 1.12 bits per heavy atom. The van der Waals surface area contributed by atoms with Gasteiger partial charge >= 0.3 is 0 Å². The summed E-state index contributed by atoms with van der Waals surface area (Å²) < 4.78 is 0. The van der Waals surface area contributed by atoms with E-state index < -0.39 is 0 Å². The Morgan fingerprint density at radius 1 is 0.760 bits per heavy atom. The maximum atomic E-state index is 4.85. The summed E-state index contributed by atoms with van der Waals surface area (Å²) in [5, 5.41) is 0. The van der Waals surface area contributed by atoms with Gasteiger partial charge in [0, 0.05) is 38.3 Å². The molecule has 0 aliphatic rings. The third-order valence-corrected chi connectivity index (χ3v) is 2.26. The van der Waals surface area contributed by atoms with Gasteiger partial charge in [0.2, 0.25) is 0 Å². The van der Waals surface area contributed by atoms with Crippen LogP contribution in [0.2, 0.25) is 0 Å². The Bertz CT molecular complexity index is 544. The van der Waals surface area contributed by atoms with Crippen LogP contribution >= 0.6 is 0 Å². The Labute approximate surface area is 178 Å². The predicted octanol–water partition coefficient (Wildman–Crippen LogP) is 4.99. The third kappa shape index (κ3) is 20.2. The summed E-state index contributed by atoms with van der Waals surface area (Å²) in [5.74, 6) is 5.79. The van der Waals surface area contributed by atoms with E-state index in [2.05, 4.69) is 24.0 Å². The van der Waals surface area contributed by atoms with Crippen molar-refractivity contribution in [1.29, 1.82) is 0 Å². The van der Waals surface area contributed by atoms with Crippen LogP contribution in [0.4, 0.5) is 0 Å². The average Bonchev–Trinajstić information content (AvgIpc) is 2.67. The fourth-order valence-electron chi connectivity index (χ4n) is 1.35. The molecule has 2 heteroatoms. The summed E-state index contributed by atoms with van der Waals surface area (Å²) in [7, 11) is 0. The zero-order valence-corrected chi connectivity index (χ0v) is 17.9. The molecule has 0 aromatic heterocycles. The molecule has 0 saturated heterocycles. The Hall–Kier alpha value is -1.72. The summed E-state index contributed by atoms with van der Waals surface area (Å²) in [6.07, 6.45) is 0. The van der Waals surface area contributed by atoms with Crippen LogP contribution in [-0.2, 0) is 32.7 Å². The van der Waals surface area contributed by atoms with Gasteiger partial charge in [0.1, 0.15) is 0 Å². The fraction of sp³-hybridized carbons (Fsp3) is 0.130. The predicted molar refractivity (Wildman–Crippen MR) is 104 cm³/mol. The molecule has 0 heterocycles. The maximum Gasteiger partial charge on any atom is 0.0245 e. The quantitative estimate of drug-likeness (QED) is 0.415. The molecule has 0 bridgehead atoms. The van der Waals surface area contributed by atoms with E-state index >= 15 is 0 Å². The molecule has 1 radical (unpaired) electrons. The maximum absolute atomic E-state index is 4.85. The zero-order valence-electron chi connectivity index (χ0n) is 15.0. The summed E-state index contributed by atoms with van der Waals surface area (Å²) in [6, 6.07) is 35.0. The summed E-state index contributed by atoms with van der Waals surface area (Å²) >= 11 is 0. The van der Waals surface area contributed by atoms with E-state index in [0.717, 1.165) is 12.1 Å². The Kier molecular flexibility index (Phi) is 22.8. The minimum Gasteiger partial charge on any atom is -0.331 e. The van der Waals surface area contributed by atoms with Crippen LogP contribution < -0.4 is 5.73 Å². The van der Waals surface area contributed by atoms with E-state index in [0.29, 0.717) is 0 Å². The van der Waals surface area contributed by atoms with Crippen molar-refractivity contribution in [2.45, 2.75) is 13.8 Å². The van der Waals surface area contributed by atoms with Gasteiger partial charge in [0.25, 0.3) is 0 Å². The monoisotopic (exact) mass is 404 g/mol. The standard InChI is InChI=1S/C9H8.2C6H5.C2H7N.Y/c1-2-6-9-7-4-3-5-8-9;2*1-2-4-6-5-3-1;1-2-3;/h3-5,7-8H,1H3;2*1-5H;2-3H2,1H3;/q;2*-1;;. The molecule has 3 rings (SSSR count). The van der Waals surface area contributed by atoms with Crippen LogP contribution in [0.5, 0.6) is 0 Å². The molecule has 0 atom stereocenters. The molecular weight excluding hydrogens is 379 g/mol. The van der Waals surface area contributed by atoms with Gasteiger partial charge in [-0.3, -0.25) is 0 Å². The normalized spacial score (nSPS) is 7.32. The molecule has 25 heavy (non-hydrogen) atoms. The van der Waals surface area contributed by atoms with Gasteiger partial charge in [0.15, 0.2) is 0 Å². The number of hydrogen-bond acceptors (Lipinski definition) is 1. The molecule has 127 valence electrons. The molecule has 0 fully saturated rings. The zero-order chi connectivity index (χ0) is 17.7. The van der Waals surface area contributed by atoms with Gasteiger partial charge in [-0.15, -0.1) is 5.92 Å². The molecule has 1 nitrogen and oxygen atoms in total. The van der Waals surface area contributed by atoms with Crippen molar-refractivity contribution < 1.29 is 32.7 Å². The van der Waals surface area contributed by atoms with Crippen molar-refractivity contribution in [2.24, 2.45) is 5.73 Å². The minimum atomic E-state index is 0. The van der Waals surface area contributed by atoms with Crippen LogP contribution in [0.25, 0.3) is 0 Å². The first-order chi connectivity index (χ1) is 11.8. The average molecular weight is 404 g/mol. The van der Waals surface area contributed by atoms with Crippen LogP contribution in [0.3, 0.4) is 0 Å². The molecule has 0 aliphatic carbocycles. The van der Waals surface area contributed by atoms with Crippen LogP contribution in [0, 0.1) is 24.0 Å². The van der Waals surface area contributed by atoms with Gasteiger partial charge in [-0.1, -0.05) is 31.0 Å². The smallest absolute Gasteiger partial charge is 0.0245 e. The second kappa shape index (κ2) is 22.3. The fourth-order valence-corrected chi connectivity index (χ4v) is 1.35. The van der Waals surface area contributed by atoms with E-state index in [-0.39, 0.29) is 32.7 Å². The van der Waals surface area contributed by atoms with E-state index in [9.17, 15) is 0 Å². The summed E-state index contributed by atoms with van der Waals surface area (Å²) in [4.78, 5) is 0. The molecule has 0 unspecified atom stereocenters. The Balaban J connectivity index is 0. The molecule has 3 aromatic carbocycles. The van der Waals surface area contributed by atoms with E-state index in [1.54, 1.807) is 0 Å². The summed E-state index contributed by atoms with van der Waals surface area (Å²) in [6.45, 7) is 4.49. The number of hydrogen-bond donors (Lipinski definition) is 1. The SMILES string of the molecule is CC#Cc1ccccc1.CCN.[Y].[c-]1ccccc1.[c-]1ccccc1. The van der Waals surface area contributed by atoms with Crippen molar-refractivity contribution in [3.63, 3.8) is 0 Å². The number of benzene rings is 3. The number of nitrogens with two attached hydrogens (primary N) is 1. The van der Waals surface area contributed by atoms with E-state index in [1.807, 2.05) is 105 Å². The molecule has 0 aliphatic heterocycles. The molecule has 0 amide bonds. The first-order valence-corrected chi connectivity index (χ1v) is 7.85. The number of rotatable bonds is 0. The van der Waals surface area contributed by atoms with Gasteiger partial charge in [-0.05, 0) is 25.6 Å². The van der Waals surface area contributed by atoms with Crippen molar-refractivity contribution in [3.05, 3.63) is 109 Å². The molecule has 0 saturated carbocycles. The van der Waals surface area contributed by atoms with E-state index in [1.165, 1.54) is 0 Å². The first kappa shape index (κ1) is 25.5. The van der Waals surface area contributed by atoms with Crippen molar-refractivity contribution in [2.75, 3.05) is 6.54 Å². The topological polar surface area (TPSA) is 26.0 Å². The van der Waals surface area contributed by atoms with Gasteiger partial charge in [0.05, 0.1) is 0 Å². The van der Waals surface area contributed by atoms with Gasteiger partial charge < -0.3 is 5.73 Å². The minimum absolute atomic E-state index is 0. The molecule has 3 aromatic rings.